The maximum atomic E-state index is 12.7. The molecule has 8 atom stereocenters. The first-order chi connectivity index (χ1) is 16.0. The summed E-state index contributed by atoms with van der Waals surface area (Å²) in [4.78, 5) is 51.2. The molecule has 5 aliphatic rings. The van der Waals surface area contributed by atoms with Crippen LogP contribution in [0.15, 0.2) is 24.3 Å². The lowest BCUT2D eigenvalue weighted by molar-refractivity contribution is -0.163. The highest BCUT2D eigenvalue weighted by molar-refractivity contribution is 7.51. The third kappa shape index (κ3) is 3.61. The highest BCUT2D eigenvalue weighted by Crippen LogP contribution is 2.77. The fourth-order valence-electron chi connectivity index (χ4n) is 7.44. The number of hydrogen-bond acceptors (Lipinski definition) is 8. The molecule has 12 nitrogen and oxygen atoms in total. The Balaban J connectivity index is 0.000000248. The van der Waals surface area contributed by atoms with E-state index >= 15 is 0 Å². The fraction of sp³-hybridized carbons (Fsp3) is 0.682. The van der Waals surface area contributed by atoms with E-state index in [0.29, 0.717) is 31.3 Å². The van der Waals surface area contributed by atoms with Crippen LogP contribution in [0.25, 0.3) is 0 Å². The quantitative estimate of drug-likeness (QED) is 0.144. The van der Waals surface area contributed by atoms with Gasteiger partial charge in [-0.2, -0.15) is 0 Å². The summed E-state index contributed by atoms with van der Waals surface area (Å²) in [5, 5.41) is 41.7. The van der Waals surface area contributed by atoms with E-state index < -0.39 is 78.3 Å². The Kier molecular flexibility index (Phi) is 5.91. The van der Waals surface area contributed by atoms with Crippen molar-refractivity contribution in [2.45, 2.75) is 49.9 Å². The molecule has 35 heavy (non-hydrogen) atoms. The van der Waals surface area contributed by atoms with Crippen LogP contribution >= 0.6 is 7.60 Å². The molecule has 4 fully saturated rings. The van der Waals surface area contributed by atoms with Gasteiger partial charge >= 0.3 is 25.5 Å². The molecule has 13 heteroatoms. The number of esters is 1. The Labute approximate surface area is 200 Å². The monoisotopic (exact) mass is 515 g/mol. The van der Waals surface area contributed by atoms with Gasteiger partial charge in [0.15, 0.2) is 0 Å². The first-order valence-electron chi connectivity index (χ1n) is 11.2. The lowest BCUT2D eigenvalue weighted by atomic mass is 9.61. The second-order valence-corrected chi connectivity index (χ2v) is 12.2. The van der Waals surface area contributed by atoms with E-state index in [2.05, 4.69) is 11.9 Å². The van der Waals surface area contributed by atoms with E-state index in [1.54, 1.807) is 19.1 Å². The minimum absolute atomic E-state index is 0.180. The van der Waals surface area contributed by atoms with Crippen molar-refractivity contribution in [3.05, 3.63) is 24.3 Å². The summed E-state index contributed by atoms with van der Waals surface area (Å²) < 4.78 is 15.9. The van der Waals surface area contributed by atoms with Gasteiger partial charge in [-0.15, -0.1) is 0 Å². The Morgan fingerprint density at radius 2 is 1.97 bits per heavy atom. The average molecular weight is 515 g/mol. The molecule has 3 saturated carbocycles. The van der Waals surface area contributed by atoms with E-state index in [0.717, 1.165) is 0 Å². The Morgan fingerprint density at radius 3 is 2.54 bits per heavy atom. The van der Waals surface area contributed by atoms with Crippen LogP contribution in [0.4, 0.5) is 0 Å². The zero-order valence-electron chi connectivity index (χ0n) is 19.1. The number of nitrogens with one attached hydrogen (secondary N) is 1. The summed E-state index contributed by atoms with van der Waals surface area (Å²) in [5.74, 6) is -4.33. The number of hydrogen-bond donors (Lipinski definition) is 7. The lowest BCUT2D eigenvalue weighted by Crippen LogP contribution is -2.50. The largest absolute Gasteiger partial charge is 0.481 e. The molecule has 194 valence electrons. The summed E-state index contributed by atoms with van der Waals surface area (Å²) in [6.45, 7) is 5.21. The number of carboxylic acid groups (broad SMARTS) is 2. The molecule has 1 saturated heterocycles. The van der Waals surface area contributed by atoms with Crippen LogP contribution in [0.3, 0.4) is 0 Å². The van der Waals surface area contributed by atoms with Crippen molar-refractivity contribution in [2.75, 3.05) is 12.8 Å². The van der Waals surface area contributed by atoms with Crippen LogP contribution in [0.2, 0.25) is 0 Å². The predicted molar refractivity (Wildman–Crippen MR) is 118 cm³/mol. The van der Waals surface area contributed by atoms with Gasteiger partial charge in [-0.1, -0.05) is 12.7 Å². The Bertz CT molecular complexity index is 1070. The average Bonchev–Trinajstić information content (AvgIpc) is 3.14. The minimum Gasteiger partial charge on any atom is -0.481 e. The first-order valence-corrected chi connectivity index (χ1v) is 13.0. The van der Waals surface area contributed by atoms with Crippen molar-refractivity contribution in [1.29, 1.82) is 0 Å². The number of aliphatic hydroxyl groups excluding tert-OH is 1. The molecule has 0 aromatic carbocycles. The third-order valence-corrected chi connectivity index (χ3v) is 9.35. The van der Waals surface area contributed by atoms with Gasteiger partial charge in [0.05, 0.1) is 30.5 Å². The molecule has 0 aromatic rings. The number of ether oxygens (including phenoxy) is 1. The molecule has 7 N–H and O–H groups in total. The highest BCUT2D eigenvalue weighted by Gasteiger charge is 2.83. The number of fused-ring (bicyclic) bond motifs is 1. The molecule has 0 amide bonds. The van der Waals surface area contributed by atoms with Crippen LogP contribution in [0.1, 0.15) is 32.6 Å². The molecule has 4 bridgehead atoms. The van der Waals surface area contributed by atoms with Gasteiger partial charge in [-0.05, 0) is 49.7 Å². The zero-order chi connectivity index (χ0) is 26.2. The second-order valence-electron chi connectivity index (χ2n) is 10.6. The highest BCUT2D eigenvalue weighted by atomic mass is 31.2. The number of carboxylic acids is 2. The molecule has 1 spiro atoms. The van der Waals surface area contributed by atoms with Gasteiger partial charge in [-0.3, -0.25) is 24.3 Å². The van der Waals surface area contributed by atoms with Gasteiger partial charge in [0.1, 0.15) is 11.0 Å². The number of carbonyl (C=O) groups excluding carboxylic acids is 1. The normalized spacial score (nSPS) is 44.7. The summed E-state index contributed by atoms with van der Waals surface area (Å²) >= 11 is 0. The van der Waals surface area contributed by atoms with Crippen molar-refractivity contribution >= 4 is 25.5 Å². The van der Waals surface area contributed by atoms with Crippen molar-refractivity contribution < 1.29 is 53.9 Å². The van der Waals surface area contributed by atoms with Crippen molar-refractivity contribution in [1.82, 2.24) is 5.32 Å². The smallest absolute Gasteiger partial charge is 0.339 e. The topological polar surface area (TPSA) is 211 Å². The SMILES string of the molecule is C=C1C[C@]23C[C@@]1(O)CC[C@H]2[C@@]12C=C[C@H](O)[C@@](C)(C(=O)O1)[C@H]2[C@@H]3C(=O)O.O=C(O)CNCP(=O)(O)O. The number of carbonyl (C=O) groups is 3. The minimum atomic E-state index is -4.10. The Morgan fingerprint density at radius 1 is 1.31 bits per heavy atom. The fourth-order valence-corrected chi connectivity index (χ4v) is 7.84. The molecular formula is C22H30NO11P. The van der Waals surface area contributed by atoms with Gasteiger partial charge in [0.25, 0.3) is 0 Å². The third-order valence-electron chi connectivity index (χ3n) is 8.72. The molecule has 1 heterocycles. The number of rotatable bonds is 5. The number of aliphatic hydroxyl groups is 2. The first kappa shape index (κ1) is 26.0. The molecule has 0 aromatic heterocycles. The Hall–Kier alpha value is -2.08. The summed E-state index contributed by atoms with van der Waals surface area (Å²) in [5.41, 5.74) is -3.29. The molecule has 0 radical (unpaired) electrons. The van der Waals surface area contributed by atoms with Crippen LogP contribution in [0, 0.1) is 28.6 Å². The van der Waals surface area contributed by atoms with Crippen LogP contribution in [-0.4, -0.2) is 78.3 Å². The molecule has 5 rings (SSSR count). The summed E-state index contributed by atoms with van der Waals surface area (Å²) in [6, 6.07) is 0. The van der Waals surface area contributed by atoms with Crippen molar-refractivity contribution in [3.63, 3.8) is 0 Å². The van der Waals surface area contributed by atoms with Crippen LogP contribution < -0.4 is 5.32 Å². The van der Waals surface area contributed by atoms with Gasteiger partial charge < -0.3 is 34.9 Å². The second kappa shape index (κ2) is 7.96. The lowest BCUT2D eigenvalue weighted by Gasteiger charge is -2.44. The molecule has 1 aliphatic heterocycles. The van der Waals surface area contributed by atoms with E-state index in [1.165, 1.54) is 0 Å². The molecule has 4 aliphatic carbocycles. The van der Waals surface area contributed by atoms with Gasteiger partial charge in [0, 0.05) is 11.8 Å². The maximum Gasteiger partial charge on any atom is 0.339 e. The molecular weight excluding hydrogens is 485 g/mol. The summed E-state index contributed by atoms with van der Waals surface area (Å²) in [6.07, 6.45) is 3.52. The predicted octanol–water partition coefficient (Wildman–Crippen LogP) is -0.177. The zero-order valence-corrected chi connectivity index (χ0v) is 20.0. The van der Waals surface area contributed by atoms with E-state index in [9.17, 15) is 34.3 Å². The van der Waals surface area contributed by atoms with Crippen molar-refractivity contribution in [2.24, 2.45) is 28.6 Å². The van der Waals surface area contributed by atoms with Crippen LogP contribution in [0.5, 0.6) is 0 Å². The molecule has 0 unspecified atom stereocenters. The maximum absolute atomic E-state index is 12.7. The number of aliphatic carboxylic acids is 2. The van der Waals surface area contributed by atoms with Crippen molar-refractivity contribution in [3.8, 4) is 0 Å². The van der Waals surface area contributed by atoms with E-state index in [4.69, 9.17) is 19.6 Å². The van der Waals surface area contributed by atoms with E-state index in [-0.39, 0.29) is 5.92 Å². The summed E-state index contributed by atoms with van der Waals surface area (Å²) in [7, 11) is -4.10. The standard InChI is InChI=1S/C19H22O6.C3H8NO5P/c1-9-7-17-8-18(9,24)5-3-10(17)19-6-4-11(20)16(2,15(23)25-19)13(19)12(17)14(21)22;5-3(6)1-4-2-10(7,8)9/h4,6,10-13,20,24H,1,3,5,7-8H2,2H3,(H,21,22);4H,1-2H2,(H,5,6)(H2,7,8,9)/t10-,11+,12-,13-,16-,17+,18+,19-;/m1./s1. The van der Waals surface area contributed by atoms with E-state index in [1.807, 2.05) is 0 Å². The van der Waals surface area contributed by atoms with Gasteiger partial charge in [0.2, 0.25) is 0 Å². The van der Waals surface area contributed by atoms with Gasteiger partial charge in [-0.25, -0.2) is 0 Å². The van der Waals surface area contributed by atoms with Crippen LogP contribution in [-0.2, 0) is 23.7 Å².